The third-order valence-electron chi connectivity index (χ3n) is 3.62. The molecule has 2 aromatic carbocycles. The number of fused-ring (bicyclic) bond motifs is 2. The summed E-state index contributed by atoms with van der Waals surface area (Å²) in [5.74, 6) is -0.0405. The molecular formula is C18H14N4O2S. The molecule has 0 aliphatic carbocycles. The molecule has 0 aliphatic heterocycles. The van der Waals surface area contributed by atoms with E-state index in [-0.39, 0.29) is 11.7 Å². The van der Waals surface area contributed by atoms with Gasteiger partial charge in [0.1, 0.15) is 5.52 Å². The van der Waals surface area contributed by atoms with Crippen molar-refractivity contribution < 1.29 is 9.21 Å². The average Bonchev–Trinajstić information content (AvgIpc) is 3.24. The van der Waals surface area contributed by atoms with Gasteiger partial charge < -0.3 is 9.40 Å². The lowest BCUT2D eigenvalue weighted by molar-refractivity contribution is -0.118. The van der Waals surface area contributed by atoms with Crippen molar-refractivity contribution in [1.82, 2.24) is 15.4 Å². The molecule has 0 bridgehead atoms. The van der Waals surface area contributed by atoms with Crippen LogP contribution in [0.3, 0.4) is 0 Å². The second-order valence-corrected chi connectivity index (χ2v) is 6.25. The smallest absolute Gasteiger partial charge is 0.257 e. The van der Waals surface area contributed by atoms with Gasteiger partial charge in [-0.1, -0.05) is 42.1 Å². The van der Waals surface area contributed by atoms with E-state index in [0.29, 0.717) is 10.8 Å². The molecule has 2 heterocycles. The van der Waals surface area contributed by atoms with Crippen molar-refractivity contribution in [2.75, 3.05) is 5.75 Å². The number of carbonyl (C=O) groups is 1. The summed E-state index contributed by atoms with van der Waals surface area (Å²) in [7, 11) is 0. The van der Waals surface area contributed by atoms with Crippen molar-refractivity contribution in [3.63, 3.8) is 0 Å². The van der Waals surface area contributed by atoms with Crippen molar-refractivity contribution in [1.29, 1.82) is 0 Å². The fraction of sp³-hybridized carbons (Fsp3) is 0.0556. The first-order valence-corrected chi connectivity index (χ1v) is 8.64. The maximum atomic E-state index is 11.9. The third kappa shape index (κ3) is 3.41. The summed E-state index contributed by atoms with van der Waals surface area (Å²) < 4.78 is 5.56. The molecule has 0 radical (unpaired) electrons. The maximum absolute atomic E-state index is 11.9. The molecule has 0 saturated carbocycles. The van der Waals surface area contributed by atoms with E-state index < -0.39 is 0 Å². The van der Waals surface area contributed by atoms with Crippen LogP contribution in [0.25, 0.3) is 22.0 Å². The lowest BCUT2D eigenvalue weighted by Gasteiger charge is -1.97. The predicted octanol–water partition coefficient (Wildman–Crippen LogP) is 3.55. The second kappa shape index (κ2) is 6.82. The highest BCUT2D eigenvalue weighted by Gasteiger charge is 2.08. The van der Waals surface area contributed by atoms with Gasteiger partial charge >= 0.3 is 0 Å². The number of H-pyrrole nitrogens is 1. The molecule has 0 spiro atoms. The van der Waals surface area contributed by atoms with Gasteiger partial charge in [0, 0.05) is 22.7 Å². The Morgan fingerprint density at radius 2 is 2.08 bits per heavy atom. The van der Waals surface area contributed by atoms with Crippen LogP contribution in [-0.2, 0) is 4.79 Å². The summed E-state index contributed by atoms with van der Waals surface area (Å²) in [6.45, 7) is 0. The van der Waals surface area contributed by atoms with Crippen LogP contribution in [0.15, 0.2) is 69.5 Å². The first kappa shape index (κ1) is 15.5. The number of nitrogens with zero attached hydrogens (tertiary/aromatic N) is 2. The van der Waals surface area contributed by atoms with Crippen LogP contribution >= 0.6 is 11.8 Å². The largest absolute Gasteiger partial charge is 0.431 e. The van der Waals surface area contributed by atoms with Gasteiger partial charge in [0.15, 0.2) is 5.58 Å². The zero-order valence-corrected chi connectivity index (χ0v) is 13.9. The van der Waals surface area contributed by atoms with Crippen molar-refractivity contribution in [3.05, 3.63) is 60.3 Å². The number of hydrogen-bond donors (Lipinski definition) is 2. The van der Waals surface area contributed by atoms with Gasteiger partial charge in [-0.3, -0.25) is 4.79 Å². The third-order valence-corrected chi connectivity index (χ3v) is 4.44. The Balaban J connectivity index is 1.34. The number of aromatic nitrogens is 2. The summed E-state index contributed by atoms with van der Waals surface area (Å²) in [5.41, 5.74) is 5.96. The molecule has 124 valence electrons. The number of amides is 1. The van der Waals surface area contributed by atoms with E-state index in [0.717, 1.165) is 22.0 Å². The molecule has 1 amide bonds. The van der Waals surface area contributed by atoms with E-state index in [1.807, 2.05) is 54.7 Å². The molecule has 4 rings (SSSR count). The molecule has 0 atom stereocenters. The molecule has 6 nitrogen and oxygen atoms in total. The Bertz CT molecular complexity index is 1030. The molecule has 0 fully saturated rings. The van der Waals surface area contributed by atoms with E-state index in [4.69, 9.17) is 4.42 Å². The highest BCUT2D eigenvalue weighted by Crippen LogP contribution is 2.22. The molecule has 0 aliphatic rings. The topological polar surface area (TPSA) is 83.3 Å². The lowest BCUT2D eigenvalue weighted by Crippen LogP contribution is -2.19. The van der Waals surface area contributed by atoms with E-state index in [1.54, 1.807) is 6.21 Å². The number of hydrazone groups is 1. The van der Waals surface area contributed by atoms with Crippen LogP contribution in [0.4, 0.5) is 0 Å². The number of hydrogen-bond acceptors (Lipinski definition) is 5. The number of thioether (sulfide) groups is 1. The Morgan fingerprint density at radius 1 is 1.24 bits per heavy atom. The quantitative estimate of drug-likeness (QED) is 0.327. The molecule has 0 unspecified atom stereocenters. The van der Waals surface area contributed by atoms with Crippen LogP contribution in [0.5, 0.6) is 0 Å². The summed E-state index contributed by atoms with van der Waals surface area (Å²) in [6.07, 6.45) is 3.48. The highest BCUT2D eigenvalue weighted by molar-refractivity contribution is 7.99. The Kier molecular flexibility index (Phi) is 4.22. The zero-order chi connectivity index (χ0) is 17.1. The highest BCUT2D eigenvalue weighted by atomic mass is 32.2. The van der Waals surface area contributed by atoms with Crippen LogP contribution in [0, 0.1) is 0 Å². The lowest BCUT2D eigenvalue weighted by atomic mass is 10.2. The van der Waals surface area contributed by atoms with Crippen LogP contribution in [0.2, 0.25) is 0 Å². The Labute approximate surface area is 147 Å². The summed E-state index contributed by atoms with van der Waals surface area (Å²) >= 11 is 1.23. The fourth-order valence-electron chi connectivity index (χ4n) is 2.45. The molecule has 25 heavy (non-hydrogen) atoms. The average molecular weight is 350 g/mol. The minimum Gasteiger partial charge on any atom is -0.431 e. The van der Waals surface area contributed by atoms with Gasteiger partial charge in [-0.05, 0) is 18.2 Å². The SMILES string of the molecule is O=C(CSc1nc2ccccc2o1)NN=Cc1c[nH]c2ccccc12. The number of benzene rings is 2. The molecule has 2 aromatic heterocycles. The molecule has 2 N–H and O–H groups in total. The van der Waals surface area contributed by atoms with Crippen molar-refractivity contribution in [2.24, 2.45) is 5.10 Å². The monoisotopic (exact) mass is 350 g/mol. The number of aromatic amines is 1. The molecule has 4 aromatic rings. The predicted molar refractivity (Wildman–Crippen MR) is 98.8 cm³/mol. The normalized spacial score (nSPS) is 11.5. The Morgan fingerprint density at radius 3 is 3.00 bits per heavy atom. The fourth-order valence-corrected chi connectivity index (χ4v) is 3.08. The standard InChI is InChI=1S/C18H14N4O2S/c23-17(11-25-18-21-15-7-3-4-8-16(15)24-18)22-20-10-12-9-19-14-6-2-1-5-13(12)14/h1-10,19H,11H2,(H,22,23). The molecule has 7 heteroatoms. The van der Waals surface area contributed by atoms with Crippen molar-refractivity contribution in [2.45, 2.75) is 5.22 Å². The van der Waals surface area contributed by atoms with E-state index >= 15 is 0 Å². The van der Waals surface area contributed by atoms with Crippen molar-refractivity contribution in [3.8, 4) is 0 Å². The summed E-state index contributed by atoms with van der Waals surface area (Å²) in [4.78, 5) is 19.4. The minimum absolute atomic E-state index is 0.179. The van der Waals surface area contributed by atoms with Crippen LogP contribution < -0.4 is 5.43 Å². The number of oxazole rings is 1. The first-order chi connectivity index (χ1) is 12.3. The van der Waals surface area contributed by atoms with Gasteiger partial charge in [0.2, 0.25) is 0 Å². The Hall–Kier alpha value is -3.06. The zero-order valence-electron chi connectivity index (χ0n) is 13.1. The first-order valence-electron chi connectivity index (χ1n) is 7.66. The van der Waals surface area contributed by atoms with E-state index in [1.165, 1.54) is 11.8 Å². The number of carbonyl (C=O) groups excluding carboxylic acids is 1. The van der Waals surface area contributed by atoms with Gasteiger partial charge in [-0.15, -0.1) is 0 Å². The molecular weight excluding hydrogens is 336 g/mol. The molecule has 0 saturated heterocycles. The maximum Gasteiger partial charge on any atom is 0.257 e. The van der Waals surface area contributed by atoms with Crippen LogP contribution in [0.1, 0.15) is 5.56 Å². The van der Waals surface area contributed by atoms with Gasteiger partial charge in [-0.2, -0.15) is 5.10 Å². The van der Waals surface area contributed by atoms with Gasteiger partial charge in [0.05, 0.1) is 12.0 Å². The summed E-state index contributed by atoms with van der Waals surface area (Å²) in [6, 6.07) is 15.4. The van der Waals surface area contributed by atoms with E-state index in [2.05, 4.69) is 20.5 Å². The minimum atomic E-state index is -0.219. The van der Waals surface area contributed by atoms with Gasteiger partial charge in [-0.25, -0.2) is 10.4 Å². The number of rotatable bonds is 5. The number of nitrogens with one attached hydrogen (secondary N) is 2. The van der Waals surface area contributed by atoms with Crippen molar-refractivity contribution >= 4 is 45.9 Å². The van der Waals surface area contributed by atoms with E-state index in [9.17, 15) is 4.79 Å². The summed E-state index contributed by atoms with van der Waals surface area (Å²) in [5, 5.41) is 5.54. The van der Waals surface area contributed by atoms with Gasteiger partial charge in [0.25, 0.3) is 11.1 Å². The second-order valence-electron chi connectivity index (χ2n) is 5.32. The van der Waals surface area contributed by atoms with Crippen LogP contribution in [-0.4, -0.2) is 27.8 Å². The number of para-hydroxylation sites is 3.